The molecule has 2 heterocycles. The molecule has 0 amide bonds. The largest absolute Gasteiger partial charge is 0.419 e. The third-order valence-electron chi connectivity index (χ3n) is 3.00. The lowest BCUT2D eigenvalue weighted by Crippen LogP contribution is -2.23. The highest BCUT2D eigenvalue weighted by atomic mass is 16.4. The molecule has 3 rings (SSSR count). The van der Waals surface area contributed by atoms with Crippen LogP contribution < -0.4 is 11.1 Å². The molecule has 78 valence electrons. The highest BCUT2D eigenvalue weighted by molar-refractivity contribution is 5.75. The first-order valence-electron chi connectivity index (χ1n) is 5.08. The fourth-order valence-corrected chi connectivity index (χ4v) is 2.10. The van der Waals surface area contributed by atoms with Crippen molar-refractivity contribution in [3.63, 3.8) is 0 Å². The Morgan fingerprint density at radius 3 is 3.13 bits per heavy atom. The van der Waals surface area contributed by atoms with Gasteiger partial charge >= 0.3 is 5.76 Å². The van der Waals surface area contributed by atoms with Gasteiger partial charge in [-0.3, -0.25) is 4.57 Å². The summed E-state index contributed by atoms with van der Waals surface area (Å²) in [5.74, 6) is -0.291. The van der Waals surface area contributed by atoms with Crippen molar-refractivity contribution < 1.29 is 4.42 Å². The van der Waals surface area contributed by atoms with Crippen LogP contribution in [0.2, 0.25) is 0 Å². The number of hydrogen-bond donors (Lipinski definition) is 1. The Morgan fingerprint density at radius 2 is 2.27 bits per heavy atom. The molecule has 1 aliphatic heterocycles. The van der Waals surface area contributed by atoms with Crippen molar-refractivity contribution in [1.82, 2.24) is 9.88 Å². The van der Waals surface area contributed by atoms with E-state index in [1.165, 1.54) is 11.1 Å². The number of nitrogens with zero attached hydrogens (tertiary/aromatic N) is 1. The molecule has 0 bridgehead atoms. The van der Waals surface area contributed by atoms with E-state index < -0.39 is 0 Å². The molecule has 0 aliphatic carbocycles. The molecule has 1 N–H and O–H groups in total. The molecular weight excluding hydrogens is 192 g/mol. The molecule has 0 saturated heterocycles. The Bertz CT molecular complexity index is 580. The second-order valence-corrected chi connectivity index (χ2v) is 3.94. The standard InChI is InChI=1S/C11H12N2O2/c1-13-9-4-7-2-3-12-6-8(7)5-10(9)15-11(13)14/h4-5,12H,2-3,6H2,1H3. The number of benzene rings is 1. The summed E-state index contributed by atoms with van der Waals surface area (Å²) in [6.45, 7) is 1.87. The zero-order valence-corrected chi connectivity index (χ0v) is 8.54. The lowest BCUT2D eigenvalue weighted by Gasteiger charge is -2.16. The molecule has 0 radical (unpaired) electrons. The Labute approximate surface area is 86.5 Å². The molecule has 15 heavy (non-hydrogen) atoms. The Morgan fingerprint density at radius 1 is 1.40 bits per heavy atom. The van der Waals surface area contributed by atoms with E-state index in [0.717, 1.165) is 25.0 Å². The highest BCUT2D eigenvalue weighted by Crippen LogP contribution is 2.21. The predicted octanol–water partition coefficient (Wildman–Crippen LogP) is 0.777. The van der Waals surface area contributed by atoms with Crippen LogP contribution in [0.15, 0.2) is 21.3 Å². The molecule has 0 fully saturated rings. The van der Waals surface area contributed by atoms with Gasteiger partial charge in [-0.25, -0.2) is 4.79 Å². The molecule has 0 unspecified atom stereocenters. The van der Waals surface area contributed by atoms with Crippen molar-refractivity contribution in [1.29, 1.82) is 0 Å². The van der Waals surface area contributed by atoms with Gasteiger partial charge in [0.2, 0.25) is 0 Å². The van der Waals surface area contributed by atoms with Crippen LogP contribution in [0.3, 0.4) is 0 Å². The number of rotatable bonds is 0. The van der Waals surface area contributed by atoms with E-state index in [1.54, 1.807) is 11.6 Å². The van der Waals surface area contributed by atoms with Crippen LogP contribution >= 0.6 is 0 Å². The second kappa shape index (κ2) is 2.97. The summed E-state index contributed by atoms with van der Waals surface area (Å²) in [6, 6.07) is 4.04. The van der Waals surface area contributed by atoms with Crippen molar-refractivity contribution >= 4 is 11.1 Å². The zero-order chi connectivity index (χ0) is 10.4. The van der Waals surface area contributed by atoms with Gasteiger partial charge in [0.1, 0.15) is 0 Å². The maximum Gasteiger partial charge on any atom is 0.419 e. The van der Waals surface area contributed by atoms with Crippen molar-refractivity contribution in [2.24, 2.45) is 7.05 Å². The van der Waals surface area contributed by atoms with Gasteiger partial charge in [0.15, 0.2) is 5.58 Å². The first-order chi connectivity index (χ1) is 7.25. The smallest absolute Gasteiger partial charge is 0.408 e. The minimum atomic E-state index is -0.291. The summed E-state index contributed by atoms with van der Waals surface area (Å²) in [5.41, 5.74) is 4.13. The molecule has 1 aromatic heterocycles. The third-order valence-corrected chi connectivity index (χ3v) is 3.00. The molecule has 0 atom stereocenters. The summed E-state index contributed by atoms with van der Waals surface area (Å²) in [4.78, 5) is 11.3. The number of oxazole rings is 1. The third kappa shape index (κ3) is 1.22. The van der Waals surface area contributed by atoms with Crippen molar-refractivity contribution in [2.75, 3.05) is 6.54 Å². The maximum absolute atomic E-state index is 11.3. The fourth-order valence-electron chi connectivity index (χ4n) is 2.10. The Balaban J connectivity index is 2.35. The number of aryl methyl sites for hydroxylation is 1. The SMILES string of the molecule is Cn1c(=O)oc2cc3c(cc21)CCNC3. The van der Waals surface area contributed by atoms with Gasteiger partial charge in [-0.2, -0.15) is 0 Å². The van der Waals surface area contributed by atoms with Crippen LogP contribution in [-0.2, 0) is 20.0 Å². The van der Waals surface area contributed by atoms with Crippen LogP contribution in [0.5, 0.6) is 0 Å². The lowest BCUT2D eigenvalue weighted by atomic mass is 10.0. The summed E-state index contributed by atoms with van der Waals surface area (Å²) >= 11 is 0. The molecule has 2 aromatic rings. The van der Waals surface area contributed by atoms with E-state index >= 15 is 0 Å². The number of fused-ring (bicyclic) bond motifs is 2. The zero-order valence-electron chi connectivity index (χ0n) is 8.54. The Hall–Kier alpha value is -1.55. The summed E-state index contributed by atoms with van der Waals surface area (Å²) in [5, 5.41) is 3.30. The Kier molecular flexibility index (Phi) is 1.73. The first kappa shape index (κ1) is 8.73. The molecule has 0 saturated carbocycles. The van der Waals surface area contributed by atoms with Crippen molar-refractivity contribution in [2.45, 2.75) is 13.0 Å². The summed E-state index contributed by atoms with van der Waals surface area (Å²) in [6.07, 6.45) is 1.02. The number of nitrogens with one attached hydrogen (secondary N) is 1. The van der Waals surface area contributed by atoms with Gasteiger partial charge in [-0.1, -0.05) is 0 Å². The van der Waals surface area contributed by atoms with Gasteiger partial charge < -0.3 is 9.73 Å². The number of aromatic nitrogens is 1. The topological polar surface area (TPSA) is 47.2 Å². The van der Waals surface area contributed by atoms with Gasteiger partial charge in [0.25, 0.3) is 0 Å². The van der Waals surface area contributed by atoms with Gasteiger partial charge in [0.05, 0.1) is 5.52 Å². The normalized spacial score (nSPS) is 15.5. The summed E-state index contributed by atoms with van der Waals surface area (Å²) in [7, 11) is 1.74. The van der Waals surface area contributed by atoms with Crippen molar-refractivity contribution in [3.8, 4) is 0 Å². The molecular formula is C11H12N2O2. The molecule has 1 aliphatic rings. The highest BCUT2D eigenvalue weighted by Gasteiger charge is 2.13. The van der Waals surface area contributed by atoms with E-state index in [2.05, 4.69) is 11.4 Å². The van der Waals surface area contributed by atoms with Crippen LogP contribution in [0.25, 0.3) is 11.1 Å². The number of hydrogen-bond acceptors (Lipinski definition) is 3. The fraction of sp³-hybridized carbons (Fsp3) is 0.364. The monoisotopic (exact) mass is 204 g/mol. The average Bonchev–Trinajstić information content (AvgIpc) is 2.52. The maximum atomic E-state index is 11.3. The van der Waals surface area contributed by atoms with E-state index in [-0.39, 0.29) is 5.76 Å². The van der Waals surface area contributed by atoms with Gasteiger partial charge in [0, 0.05) is 13.6 Å². The quantitative estimate of drug-likeness (QED) is 0.689. The van der Waals surface area contributed by atoms with Crippen molar-refractivity contribution in [3.05, 3.63) is 33.8 Å². The van der Waals surface area contributed by atoms with Crippen LogP contribution in [0.1, 0.15) is 11.1 Å². The molecule has 4 nitrogen and oxygen atoms in total. The van der Waals surface area contributed by atoms with E-state index in [4.69, 9.17) is 4.42 Å². The van der Waals surface area contributed by atoms with Crippen LogP contribution in [0.4, 0.5) is 0 Å². The van der Waals surface area contributed by atoms with Gasteiger partial charge in [-0.05, 0) is 36.2 Å². The minimum absolute atomic E-state index is 0.291. The first-order valence-corrected chi connectivity index (χ1v) is 5.08. The van der Waals surface area contributed by atoms with Crippen LogP contribution in [0, 0.1) is 0 Å². The average molecular weight is 204 g/mol. The molecule has 0 spiro atoms. The molecule has 1 aromatic carbocycles. The molecule has 4 heteroatoms. The van der Waals surface area contributed by atoms with Gasteiger partial charge in [-0.15, -0.1) is 0 Å². The van der Waals surface area contributed by atoms with E-state index in [0.29, 0.717) is 5.58 Å². The minimum Gasteiger partial charge on any atom is -0.408 e. The predicted molar refractivity (Wildman–Crippen MR) is 56.9 cm³/mol. The lowest BCUT2D eigenvalue weighted by molar-refractivity contribution is 0.527. The van der Waals surface area contributed by atoms with Crippen LogP contribution in [-0.4, -0.2) is 11.1 Å². The summed E-state index contributed by atoms with van der Waals surface area (Å²) < 4.78 is 6.70. The van der Waals surface area contributed by atoms with E-state index in [9.17, 15) is 4.79 Å². The van der Waals surface area contributed by atoms with E-state index in [1.807, 2.05) is 6.07 Å². The second-order valence-electron chi connectivity index (χ2n) is 3.94.